The summed E-state index contributed by atoms with van der Waals surface area (Å²) in [6, 6.07) is 6.29. The number of carbonyl (C=O) groups is 2. The van der Waals surface area contributed by atoms with Gasteiger partial charge >= 0.3 is 12.1 Å². The van der Waals surface area contributed by atoms with Crippen molar-refractivity contribution in [3.05, 3.63) is 64.6 Å². The molecule has 2 N–H and O–H groups in total. The number of hydrogen-bond donors (Lipinski definition) is 2. The fraction of sp³-hybridized carbons (Fsp3) is 0.250. The molecule has 0 spiro atoms. The number of carbonyl (C=O) groups excluding carboxylic acids is 1. The number of aromatic nitrogens is 2. The Labute approximate surface area is 158 Å². The Bertz CT molecular complexity index is 1070. The number of aromatic amines is 1. The van der Waals surface area contributed by atoms with Crippen molar-refractivity contribution in [2.75, 3.05) is 0 Å². The molecule has 0 aliphatic heterocycles. The second-order valence-electron chi connectivity index (χ2n) is 6.46. The molecule has 1 aromatic carbocycles. The molecule has 2 aromatic heterocycles. The van der Waals surface area contributed by atoms with Crippen molar-refractivity contribution in [1.29, 1.82) is 0 Å². The Morgan fingerprint density at radius 1 is 1.21 bits per heavy atom. The summed E-state index contributed by atoms with van der Waals surface area (Å²) in [6.45, 7) is 3.24. The molecule has 0 aliphatic rings. The lowest BCUT2D eigenvalue weighted by Gasteiger charge is -2.10. The second kappa shape index (κ2) is 7.10. The number of carboxylic acids is 1. The minimum atomic E-state index is -4.59. The number of hydrogen-bond acceptors (Lipinski definition) is 3. The Hall–Kier alpha value is -3.16. The van der Waals surface area contributed by atoms with Crippen LogP contribution in [0.3, 0.4) is 0 Å². The van der Waals surface area contributed by atoms with E-state index in [9.17, 15) is 27.9 Å². The summed E-state index contributed by atoms with van der Waals surface area (Å²) < 4.78 is 39.4. The summed E-state index contributed by atoms with van der Waals surface area (Å²) in [4.78, 5) is 31.4. The summed E-state index contributed by atoms with van der Waals surface area (Å²) in [7, 11) is 0. The molecule has 0 amide bonds. The van der Waals surface area contributed by atoms with Crippen LogP contribution in [-0.2, 0) is 17.4 Å². The predicted octanol–water partition coefficient (Wildman–Crippen LogP) is 4.56. The van der Waals surface area contributed by atoms with Gasteiger partial charge in [0.25, 0.3) is 0 Å². The third-order valence-electron chi connectivity index (χ3n) is 4.66. The van der Waals surface area contributed by atoms with Crippen molar-refractivity contribution in [3.8, 4) is 0 Å². The third kappa shape index (κ3) is 3.49. The summed E-state index contributed by atoms with van der Waals surface area (Å²) >= 11 is 0. The van der Waals surface area contributed by atoms with Crippen LogP contribution in [0, 0.1) is 0 Å². The third-order valence-corrected chi connectivity index (χ3v) is 4.66. The summed E-state index contributed by atoms with van der Waals surface area (Å²) in [5, 5.41) is 9.49. The maximum absolute atomic E-state index is 13.1. The van der Waals surface area contributed by atoms with E-state index < -0.39 is 29.4 Å². The molecular weight excluding hydrogens is 373 g/mol. The molecule has 0 fully saturated rings. The van der Waals surface area contributed by atoms with E-state index in [-0.39, 0.29) is 27.9 Å². The Morgan fingerprint density at radius 2 is 1.93 bits per heavy atom. The number of rotatable bonds is 5. The zero-order valence-electron chi connectivity index (χ0n) is 15.1. The molecule has 5 nitrogen and oxygen atoms in total. The van der Waals surface area contributed by atoms with Crippen LogP contribution >= 0.6 is 0 Å². The first-order chi connectivity index (χ1) is 13.1. The molecule has 3 aromatic rings. The number of ketones is 1. The highest BCUT2D eigenvalue weighted by Gasteiger charge is 2.33. The monoisotopic (exact) mass is 390 g/mol. The Balaban J connectivity index is 2.24. The first kappa shape index (κ1) is 19.6. The number of nitrogens with one attached hydrogen (secondary N) is 1. The Kier molecular flexibility index (Phi) is 4.97. The molecule has 3 rings (SSSR count). The van der Waals surface area contributed by atoms with Gasteiger partial charge in [0.15, 0.2) is 0 Å². The number of pyridine rings is 1. The van der Waals surface area contributed by atoms with Gasteiger partial charge in [0.1, 0.15) is 5.69 Å². The van der Waals surface area contributed by atoms with Crippen LogP contribution in [-0.4, -0.2) is 26.8 Å². The van der Waals surface area contributed by atoms with Gasteiger partial charge in [-0.25, -0.2) is 0 Å². The zero-order valence-corrected chi connectivity index (χ0v) is 15.1. The first-order valence-corrected chi connectivity index (χ1v) is 8.58. The van der Waals surface area contributed by atoms with Crippen LogP contribution in [0.25, 0.3) is 10.9 Å². The topological polar surface area (TPSA) is 83.0 Å². The number of benzene rings is 1. The van der Waals surface area contributed by atoms with Crippen molar-refractivity contribution < 1.29 is 27.9 Å². The molecule has 0 aliphatic carbocycles. The van der Waals surface area contributed by atoms with Crippen LogP contribution in [0.2, 0.25) is 0 Å². The number of alkyl halides is 3. The van der Waals surface area contributed by atoms with Crippen molar-refractivity contribution in [1.82, 2.24) is 9.97 Å². The number of fused-ring (bicyclic) bond motifs is 1. The van der Waals surface area contributed by atoms with E-state index >= 15 is 0 Å². The fourth-order valence-corrected chi connectivity index (χ4v) is 3.09. The van der Waals surface area contributed by atoms with Gasteiger partial charge in [0.05, 0.1) is 17.2 Å². The van der Waals surface area contributed by atoms with Gasteiger partial charge in [-0.05, 0) is 49.2 Å². The van der Waals surface area contributed by atoms with Crippen LogP contribution in [0.4, 0.5) is 13.2 Å². The van der Waals surface area contributed by atoms with E-state index in [4.69, 9.17) is 0 Å². The summed E-state index contributed by atoms with van der Waals surface area (Å²) in [6.07, 6.45) is -2.45. The van der Waals surface area contributed by atoms with E-state index in [1.807, 2.05) is 6.92 Å². The highest BCUT2D eigenvalue weighted by molar-refractivity contribution is 6.12. The fourth-order valence-electron chi connectivity index (χ4n) is 3.09. The van der Waals surface area contributed by atoms with Gasteiger partial charge in [-0.1, -0.05) is 6.92 Å². The predicted molar refractivity (Wildman–Crippen MR) is 96.4 cm³/mol. The largest absolute Gasteiger partial charge is 0.481 e. The molecule has 1 unspecified atom stereocenters. The minimum Gasteiger partial charge on any atom is -0.481 e. The SMILES string of the molecule is CCc1ccnc(C(=O)c2[nH]c3ccc(C(F)(F)F)cc3c2C(C)C(=O)O)c1. The maximum Gasteiger partial charge on any atom is 0.416 e. The maximum atomic E-state index is 13.1. The second-order valence-corrected chi connectivity index (χ2v) is 6.46. The van der Waals surface area contributed by atoms with Crippen LogP contribution in [0.1, 0.15) is 52.6 Å². The van der Waals surface area contributed by atoms with Crippen LogP contribution in [0.15, 0.2) is 36.5 Å². The van der Waals surface area contributed by atoms with Crippen LogP contribution < -0.4 is 0 Å². The molecule has 0 saturated heterocycles. The van der Waals surface area contributed by atoms with Gasteiger partial charge in [0.2, 0.25) is 5.78 Å². The number of halogens is 3. The number of aryl methyl sites for hydroxylation is 1. The molecule has 146 valence electrons. The van der Waals surface area contributed by atoms with E-state index in [0.717, 1.165) is 17.7 Å². The molecule has 0 radical (unpaired) electrons. The molecule has 2 heterocycles. The molecule has 0 bridgehead atoms. The lowest BCUT2D eigenvalue weighted by Crippen LogP contribution is -2.14. The van der Waals surface area contributed by atoms with Gasteiger partial charge < -0.3 is 10.1 Å². The number of H-pyrrole nitrogens is 1. The average molecular weight is 390 g/mol. The van der Waals surface area contributed by atoms with Gasteiger partial charge in [0, 0.05) is 22.7 Å². The molecular formula is C20H17F3N2O3. The highest BCUT2D eigenvalue weighted by Crippen LogP contribution is 2.36. The lowest BCUT2D eigenvalue weighted by atomic mass is 9.94. The van der Waals surface area contributed by atoms with Crippen molar-refractivity contribution in [2.45, 2.75) is 32.4 Å². The van der Waals surface area contributed by atoms with Gasteiger partial charge in [-0.2, -0.15) is 13.2 Å². The molecule has 0 saturated carbocycles. The van der Waals surface area contributed by atoms with Gasteiger partial charge in [-0.15, -0.1) is 0 Å². The summed E-state index contributed by atoms with van der Waals surface area (Å²) in [5.74, 6) is -3.00. The standard InChI is InChI=1S/C20H17F3N2O3/c1-3-11-6-7-24-15(8-11)18(26)17-16(10(2)19(27)28)13-9-12(20(21,22)23)4-5-14(13)25-17/h4-10,25H,3H2,1-2H3,(H,27,28). The summed E-state index contributed by atoms with van der Waals surface area (Å²) in [5.41, 5.74) is 0.253. The zero-order chi connectivity index (χ0) is 20.6. The molecule has 8 heteroatoms. The molecule has 1 atom stereocenters. The van der Waals surface area contributed by atoms with E-state index in [1.54, 1.807) is 12.1 Å². The number of nitrogens with zero attached hydrogens (tertiary/aromatic N) is 1. The smallest absolute Gasteiger partial charge is 0.416 e. The Morgan fingerprint density at radius 3 is 2.54 bits per heavy atom. The van der Waals surface area contributed by atoms with Crippen molar-refractivity contribution >= 4 is 22.7 Å². The van der Waals surface area contributed by atoms with E-state index in [1.165, 1.54) is 19.2 Å². The number of carboxylic acid groups (broad SMARTS) is 1. The highest BCUT2D eigenvalue weighted by atomic mass is 19.4. The minimum absolute atomic E-state index is 0.0160. The average Bonchev–Trinajstić information content (AvgIpc) is 3.04. The van der Waals surface area contributed by atoms with E-state index in [0.29, 0.717) is 6.42 Å². The first-order valence-electron chi connectivity index (χ1n) is 8.58. The van der Waals surface area contributed by atoms with Crippen LogP contribution in [0.5, 0.6) is 0 Å². The quantitative estimate of drug-likeness (QED) is 0.626. The lowest BCUT2D eigenvalue weighted by molar-refractivity contribution is -0.138. The molecule has 28 heavy (non-hydrogen) atoms. The van der Waals surface area contributed by atoms with E-state index in [2.05, 4.69) is 9.97 Å². The number of aliphatic carboxylic acids is 1. The van der Waals surface area contributed by atoms with Crippen molar-refractivity contribution in [2.24, 2.45) is 0 Å². The van der Waals surface area contributed by atoms with Crippen molar-refractivity contribution in [3.63, 3.8) is 0 Å². The van der Waals surface area contributed by atoms with Gasteiger partial charge in [-0.3, -0.25) is 14.6 Å². The normalized spacial score (nSPS) is 12.9.